The molecule has 2 aliphatic rings. The van der Waals surface area contributed by atoms with Crippen molar-refractivity contribution in [3.05, 3.63) is 23.9 Å². The third-order valence-corrected chi connectivity index (χ3v) is 5.17. The van der Waals surface area contributed by atoms with Crippen LogP contribution in [-0.4, -0.2) is 49.6 Å². The van der Waals surface area contributed by atoms with E-state index in [4.69, 9.17) is 0 Å². The highest BCUT2D eigenvalue weighted by Crippen LogP contribution is 2.28. The molecule has 2 fully saturated rings. The van der Waals surface area contributed by atoms with Crippen molar-refractivity contribution in [2.24, 2.45) is 10.9 Å². The van der Waals surface area contributed by atoms with Gasteiger partial charge in [-0.1, -0.05) is 18.9 Å². The Morgan fingerprint density at radius 1 is 1.11 bits per heavy atom. The first-order valence-electron chi connectivity index (χ1n) is 10.8. The molecule has 0 bridgehead atoms. The van der Waals surface area contributed by atoms with E-state index in [-0.39, 0.29) is 11.8 Å². The Labute approximate surface area is 168 Å². The van der Waals surface area contributed by atoms with Crippen LogP contribution in [0, 0.1) is 5.92 Å². The number of nitrogens with zero attached hydrogens (tertiary/aromatic N) is 3. The third kappa shape index (κ3) is 6.69. The summed E-state index contributed by atoms with van der Waals surface area (Å²) in [6, 6.07) is 4.24. The van der Waals surface area contributed by atoms with Gasteiger partial charge >= 0.3 is 0 Å². The van der Waals surface area contributed by atoms with Gasteiger partial charge in [-0.2, -0.15) is 0 Å². The van der Waals surface area contributed by atoms with Crippen molar-refractivity contribution in [1.29, 1.82) is 0 Å². The minimum Gasteiger partial charge on any atom is -0.357 e. The van der Waals surface area contributed by atoms with Crippen LogP contribution >= 0.6 is 0 Å². The molecule has 7 heteroatoms. The van der Waals surface area contributed by atoms with Crippen LogP contribution in [0.3, 0.4) is 0 Å². The second-order valence-electron chi connectivity index (χ2n) is 7.61. The molecular formula is C21H34N6O. The Bertz CT molecular complexity index is 633. The van der Waals surface area contributed by atoms with Crippen molar-refractivity contribution in [1.82, 2.24) is 20.9 Å². The molecule has 0 radical (unpaired) electrons. The summed E-state index contributed by atoms with van der Waals surface area (Å²) in [5, 5.41) is 9.47. The molecule has 2 heterocycles. The van der Waals surface area contributed by atoms with E-state index in [0.717, 1.165) is 49.8 Å². The van der Waals surface area contributed by atoms with Crippen LogP contribution in [0.15, 0.2) is 23.3 Å². The number of pyridine rings is 1. The van der Waals surface area contributed by atoms with Gasteiger partial charge in [-0.05, 0) is 44.2 Å². The van der Waals surface area contributed by atoms with E-state index in [1.165, 1.54) is 25.7 Å². The Morgan fingerprint density at radius 3 is 2.50 bits per heavy atom. The van der Waals surface area contributed by atoms with Crippen LogP contribution in [-0.2, 0) is 11.3 Å². The number of guanidine groups is 1. The summed E-state index contributed by atoms with van der Waals surface area (Å²) >= 11 is 0. The number of amides is 1. The number of aromatic nitrogens is 1. The van der Waals surface area contributed by atoms with Crippen LogP contribution in [0.2, 0.25) is 0 Å². The fraction of sp³-hybridized carbons (Fsp3) is 0.667. The van der Waals surface area contributed by atoms with Gasteiger partial charge in [0.15, 0.2) is 5.96 Å². The number of aliphatic imine (C=N–C) groups is 1. The van der Waals surface area contributed by atoms with Gasteiger partial charge in [-0.15, -0.1) is 0 Å². The largest absolute Gasteiger partial charge is 0.357 e. The molecule has 0 atom stereocenters. The number of anilines is 1. The van der Waals surface area contributed by atoms with Crippen molar-refractivity contribution in [3.8, 4) is 0 Å². The van der Waals surface area contributed by atoms with Crippen LogP contribution in [0.4, 0.5) is 5.82 Å². The SMILES string of the molecule is CCNC(=NCc1ccc(N2CCCCCC2)nc1)NCCNC(=O)C1CC1. The summed E-state index contributed by atoms with van der Waals surface area (Å²) in [6.45, 7) is 6.92. The predicted octanol–water partition coefficient (Wildman–Crippen LogP) is 2.04. The van der Waals surface area contributed by atoms with Crippen molar-refractivity contribution in [2.75, 3.05) is 37.6 Å². The van der Waals surface area contributed by atoms with Gasteiger partial charge in [0.2, 0.25) is 5.91 Å². The zero-order valence-electron chi connectivity index (χ0n) is 17.0. The Kier molecular flexibility index (Phi) is 7.94. The van der Waals surface area contributed by atoms with Crippen LogP contribution < -0.4 is 20.9 Å². The highest BCUT2D eigenvalue weighted by molar-refractivity contribution is 5.81. The summed E-state index contributed by atoms with van der Waals surface area (Å²) in [5.41, 5.74) is 1.10. The Morgan fingerprint density at radius 2 is 1.86 bits per heavy atom. The molecule has 1 saturated carbocycles. The maximum atomic E-state index is 11.7. The molecule has 154 valence electrons. The smallest absolute Gasteiger partial charge is 0.223 e. The lowest BCUT2D eigenvalue weighted by atomic mass is 10.2. The first-order valence-corrected chi connectivity index (χ1v) is 10.8. The molecule has 3 rings (SSSR count). The zero-order valence-corrected chi connectivity index (χ0v) is 17.0. The fourth-order valence-electron chi connectivity index (χ4n) is 3.37. The van der Waals surface area contributed by atoms with E-state index in [9.17, 15) is 4.79 Å². The molecule has 0 spiro atoms. The van der Waals surface area contributed by atoms with Gasteiger partial charge in [0.1, 0.15) is 5.82 Å². The number of hydrogen-bond donors (Lipinski definition) is 3. The molecule has 1 aromatic rings. The first kappa shape index (κ1) is 20.4. The lowest BCUT2D eigenvalue weighted by Gasteiger charge is -2.21. The van der Waals surface area contributed by atoms with E-state index in [0.29, 0.717) is 19.6 Å². The number of nitrogens with one attached hydrogen (secondary N) is 3. The van der Waals surface area contributed by atoms with Gasteiger partial charge in [0, 0.05) is 44.8 Å². The van der Waals surface area contributed by atoms with E-state index in [1.807, 2.05) is 13.1 Å². The number of hydrogen-bond acceptors (Lipinski definition) is 4. The molecule has 1 aliphatic carbocycles. The topological polar surface area (TPSA) is 81.7 Å². The average Bonchev–Trinajstić information content (AvgIpc) is 3.56. The molecule has 0 unspecified atom stereocenters. The summed E-state index contributed by atoms with van der Waals surface area (Å²) in [5.74, 6) is 2.27. The van der Waals surface area contributed by atoms with E-state index in [2.05, 4.69) is 43.0 Å². The lowest BCUT2D eigenvalue weighted by molar-refractivity contribution is -0.122. The van der Waals surface area contributed by atoms with Gasteiger partial charge in [0.25, 0.3) is 0 Å². The summed E-state index contributed by atoms with van der Waals surface area (Å²) in [4.78, 5) is 23.3. The average molecular weight is 387 g/mol. The highest BCUT2D eigenvalue weighted by atomic mass is 16.2. The molecule has 1 saturated heterocycles. The van der Waals surface area contributed by atoms with Crippen LogP contribution in [0.1, 0.15) is 51.0 Å². The summed E-state index contributed by atoms with van der Waals surface area (Å²) in [7, 11) is 0. The van der Waals surface area contributed by atoms with Crippen LogP contribution in [0.5, 0.6) is 0 Å². The molecule has 28 heavy (non-hydrogen) atoms. The van der Waals surface area contributed by atoms with E-state index in [1.54, 1.807) is 0 Å². The minimum absolute atomic E-state index is 0.180. The number of carbonyl (C=O) groups excluding carboxylic acids is 1. The maximum absolute atomic E-state index is 11.7. The predicted molar refractivity (Wildman–Crippen MR) is 113 cm³/mol. The quantitative estimate of drug-likeness (QED) is 0.362. The van der Waals surface area contributed by atoms with Crippen molar-refractivity contribution < 1.29 is 4.79 Å². The van der Waals surface area contributed by atoms with Crippen LogP contribution in [0.25, 0.3) is 0 Å². The molecule has 1 amide bonds. The summed E-state index contributed by atoms with van der Waals surface area (Å²) < 4.78 is 0. The van der Waals surface area contributed by atoms with Gasteiger partial charge in [-0.3, -0.25) is 4.79 Å². The standard InChI is InChI=1S/C21H34N6O/c1-2-22-21(24-12-11-23-20(28)18-8-9-18)26-16-17-7-10-19(25-15-17)27-13-5-3-4-6-14-27/h7,10,15,18H,2-6,8-9,11-14,16H2,1H3,(H,23,28)(H2,22,24,26). The maximum Gasteiger partial charge on any atom is 0.223 e. The molecule has 0 aromatic carbocycles. The van der Waals surface area contributed by atoms with Gasteiger partial charge < -0.3 is 20.9 Å². The molecule has 3 N–H and O–H groups in total. The Balaban J connectivity index is 1.45. The molecule has 1 aromatic heterocycles. The highest BCUT2D eigenvalue weighted by Gasteiger charge is 2.28. The minimum atomic E-state index is 0.180. The van der Waals surface area contributed by atoms with E-state index < -0.39 is 0 Å². The van der Waals surface area contributed by atoms with Gasteiger partial charge in [-0.25, -0.2) is 9.98 Å². The van der Waals surface area contributed by atoms with Crippen molar-refractivity contribution in [3.63, 3.8) is 0 Å². The lowest BCUT2D eigenvalue weighted by Crippen LogP contribution is -2.41. The monoisotopic (exact) mass is 386 g/mol. The molecule has 7 nitrogen and oxygen atoms in total. The number of rotatable bonds is 8. The fourth-order valence-corrected chi connectivity index (χ4v) is 3.37. The number of carbonyl (C=O) groups is 1. The van der Waals surface area contributed by atoms with E-state index >= 15 is 0 Å². The van der Waals surface area contributed by atoms with Crippen molar-refractivity contribution >= 4 is 17.7 Å². The normalized spacial score (nSPS) is 17.8. The molecule has 1 aliphatic heterocycles. The summed E-state index contributed by atoms with van der Waals surface area (Å²) in [6.07, 6.45) is 9.17. The zero-order chi connectivity index (χ0) is 19.6. The first-order chi connectivity index (χ1) is 13.8. The second kappa shape index (κ2) is 10.9. The van der Waals surface area contributed by atoms with Crippen molar-refractivity contribution in [2.45, 2.75) is 52.0 Å². The second-order valence-corrected chi connectivity index (χ2v) is 7.61. The Hall–Kier alpha value is -2.31. The third-order valence-electron chi connectivity index (χ3n) is 5.17. The van der Waals surface area contributed by atoms with Gasteiger partial charge in [0.05, 0.1) is 6.54 Å². The molecular weight excluding hydrogens is 352 g/mol.